The van der Waals surface area contributed by atoms with Crippen LogP contribution in [0.4, 0.5) is 20.2 Å². The molecule has 0 radical (unpaired) electrons. The number of hydrogen-bond donors (Lipinski definition) is 4. The van der Waals surface area contributed by atoms with Gasteiger partial charge in [-0.25, -0.2) is 8.78 Å². The summed E-state index contributed by atoms with van der Waals surface area (Å²) in [6.45, 7) is 2.81. The summed E-state index contributed by atoms with van der Waals surface area (Å²) in [5, 5.41) is 5.72. The number of rotatable bonds is 7. The zero-order valence-electron chi connectivity index (χ0n) is 17.5. The monoisotopic (exact) mass is 465 g/mol. The van der Waals surface area contributed by atoms with E-state index in [4.69, 9.17) is 23.1 Å². The lowest BCUT2D eigenvalue weighted by Crippen LogP contribution is -2.41. The highest BCUT2D eigenvalue weighted by Crippen LogP contribution is 2.23. The molecule has 10 heteroatoms. The van der Waals surface area contributed by atoms with Crippen molar-refractivity contribution in [1.29, 1.82) is 0 Å². The highest BCUT2D eigenvalue weighted by molar-refractivity contribution is 6.33. The standard InChI is InChI=1S/C22H26ClF2N5O2/c23-16-2-1-14(7-20(16)27)12-30-5-3-13(4-6-30)10-28-21(31)11-29-22(32)15-8-17(24)18(25)9-19(15)26/h1-2,7-9,13H,3-6,10-12,26-27H2,(H,28,31)(H,29,32). The molecule has 172 valence electrons. The van der Waals surface area contributed by atoms with E-state index in [9.17, 15) is 18.4 Å². The molecule has 1 aliphatic rings. The van der Waals surface area contributed by atoms with E-state index < -0.39 is 17.5 Å². The van der Waals surface area contributed by atoms with Crippen LogP contribution in [-0.4, -0.2) is 42.9 Å². The molecule has 0 aromatic heterocycles. The molecule has 3 rings (SSSR count). The molecule has 7 nitrogen and oxygen atoms in total. The number of nitrogens with two attached hydrogens (primary N) is 2. The Kier molecular flexibility index (Phi) is 7.87. The van der Waals surface area contributed by atoms with E-state index in [0.29, 0.717) is 29.2 Å². The first-order chi connectivity index (χ1) is 15.2. The van der Waals surface area contributed by atoms with Gasteiger partial charge in [-0.2, -0.15) is 0 Å². The predicted octanol–water partition coefficient (Wildman–Crippen LogP) is 2.54. The average molecular weight is 466 g/mol. The molecule has 0 bridgehead atoms. The lowest BCUT2D eigenvalue weighted by molar-refractivity contribution is -0.120. The van der Waals surface area contributed by atoms with Crippen LogP contribution in [0.3, 0.4) is 0 Å². The quantitative estimate of drug-likeness (QED) is 0.469. The van der Waals surface area contributed by atoms with Crippen LogP contribution in [0.25, 0.3) is 0 Å². The van der Waals surface area contributed by atoms with E-state index in [1.165, 1.54) is 0 Å². The molecule has 1 heterocycles. The van der Waals surface area contributed by atoms with Gasteiger partial charge in [-0.15, -0.1) is 0 Å². The van der Waals surface area contributed by atoms with Gasteiger partial charge in [-0.1, -0.05) is 17.7 Å². The van der Waals surface area contributed by atoms with Gasteiger partial charge >= 0.3 is 0 Å². The van der Waals surface area contributed by atoms with Crippen molar-refractivity contribution in [2.45, 2.75) is 19.4 Å². The Morgan fingerprint density at radius 3 is 2.41 bits per heavy atom. The minimum atomic E-state index is -1.18. The Balaban J connectivity index is 1.37. The third-order valence-corrected chi connectivity index (χ3v) is 5.85. The number of nitrogens with zero attached hydrogens (tertiary/aromatic N) is 1. The van der Waals surface area contributed by atoms with Crippen LogP contribution in [0.1, 0.15) is 28.8 Å². The second-order valence-electron chi connectivity index (χ2n) is 7.92. The molecule has 2 aromatic rings. The summed E-state index contributed by atoms with van der Waals surface area (Å²) >= 11 is 5.96. The Labute approximate surface area is 190 Å². The summed E-state index contributed by atoms with van der Waals surface area (Å²) in [6, 6.07) is 7.10. The zero-order valence-corrected chi connectivity index (χ0v) is 18.2. The maximum absolute atomic E-state index is 13.3. The van der Waals surface area contributed by atoms with Gasteiger partial charge < -0.3 is 22.1 Å². The van der Waals surface area contributed by atoms with E-state index in [2.05, 4.69) is 15.5 Å². The molecular weight excluding hydrogens is 440 g/mol. The zero-order chi connectivity index (χ0) is 23.3. The number of carbonyl (C=O) groups excluding carboxylic acids is 2. The molecule has 0 unspecified atom stereocenters. The van der Waals surface area contributed by atoms with Crippen LogP contribution < -0.4 is 22.1 Å². The minimum Gasteiger partial charge on any atom is -0.398 e. The first kappa shape index (κ1) is 23.7. The number of carbonyl (C=O) groups is 2. The Hall–Kier alpha value is -2.91. The molecule has 2 aromatic carbocycles. The highest BCUT2D eigenvalue weighted by atomic mass is 35.5. The molecule has 6 N–H and O–H groups in total. The number of halogens is 3. The molecule has 32 heavy (non-hydrogen) atoms. The number of hydrogen-bond acceptors (Lipinski definition) is 5. The Morgan fingerprint density at radius 2 is 1.72 bits per heavy atom. The van der Waals surface area contributed by atoms with Crippen molar-refractivity contribution >= 4 is 34.8 Å². The molecule has 0 spiro atoms. The van der Waals surface area contributed by atoms with Crippen molar-refractivity contribution in [2.24, 2.45) is 5.92 Å². The van der Waals surface area contributed by atoms with Crippen molar-refractivity contribution in [3.63, 3.8) is 0 Å². The molecule has 1 aliphatic heterocycles. The normalized spacial score (nSPS) is 14.8. The van der Waals surface area contributed by atoms with Crippen molar-refractivity contribution < 1.29 is 18.4 Å². The van der Waals surface area contributed by atoms with Crippen molar-refractivity contribution in [1.82, 2.24) is 15.5 Å². The van der Waals surface area contributed by atoms with Gasteiger partial charge in [0.15, 0.2) is 11.6 Å². The van der Waals surface area contributed by atoms with E-state index in [-0.39, 0.29) is 23.7 Å². The van der Waals surface area contributed by atoms with Crippen LogP contribution in [0.15, 0.2) is 30.3 Å². The van der Waals surface area contributed by atoms with E-state index in [0.717, 1.165) is 44.1 Å². The first-order valence-corrected chi connectivity index (χ1v) is 10.7. The maximum atomic E-state index is 13.3. The molecule has 1 fully saturated rings. The fourth-order valence-corrected chi connectivity index (χ4v) is 3.75. The van der Waals surface area contributed by atoms with Gasteiger partial charge in [0.2, 0.25) is 5.91 Å². The molecule has 2 amide bonds. The third kappa shape index (κ3) is 6.30. The topological polar surface area (TPSA) is 113 Å². The van der Waals surface area contributed by atoms with Crippen LogP contribution in [-0.2, 0) is 11.3 Å². The van der Waals surface area contributed by atoms with Crippen molar-refractivity contribution in [3.05, 3.63) is 58.1 Å². The summed E-state index contributed by atoms with van der Waals surface area (Å²) in [4.78, 5) is 26.5. The molecular formula is C22H26ClF2N5O2. The van der Waals surface area contributed by atoms with E-state index in [1.807, 2.05) is 12.1 Å². The van der Waals surface area contributed by atoms with Gasteiger partial charge in [0.05, 0.1) is 22.8 Å². The number of nitrogens with one attached hydrogen (secondary N) is 2. The van der Waals surface area contributed by atoms with Gasteiger partial charge in [0.25, 0.3) is 5.91 Å². The lowest BCUT2D eigenvalue weighted by atomic mass is 9.96. The van der Waals surface area contributed by atoms with Crippen molar-refractivity contribution in [3.8, 4) is 0 Å². The Morgan fingerprint density at radius 1 is 1.03 bits per heavy atom. The first-order valence-electron chi connectivity index (χ1n) is 10.3. The SMILES string of the molecule is Nc1cc(CN2CCC(CNC(=O)CNC(=O)c3cc(F)c(F)cc3N)CC2)ccc1Cl. The summed E-state index contributed by atoms with van der Waals surface area (Å²) in [5.41, 5.74) is 12.7. The van der Waals surface area contributed by atoms with Gasteiger partial charge in [-0.05, 0) is 55.6 Å². The third-order valence-electron chi connectivity index (χ3n) is 5.51. The molecule has 1 saturated heterocycles. The largest absolute Gasteiger partial charge is 0.398 e. The smallest absolute Gasteiger partial charge is 0.253 e. The van der Waals surface area contributed by atoms with Crippen LogP contribution >= 0.6 is 11.6 Å². The summed E-state index contributed by atoms with van der Waals surface area (Å²) < 4.78 is 26.4. The molecule has 0 aliphatic carbocycles. The lowest BCUT2D eigenvalue weighted by Gasteiger charge is -2.32. The predicted molar refractivity (Wildman–Crippen MR) is 120 cm³/mol. The van der Waals surface area contributed by atoms with Crippen LogP contribution in [0.5, 0.6) is 0 Å². The van der Waals surface area contributed by atoms with Gasteiger partial charge in [0, 0.05) is 24.8 Å². The second kappa shape index (κ2) is 10.6. The summed E-state index contributed by atoms with van der Waals surface area (Å²) in [6.07, 6.45) is 1.86. The number of likely N-dealkylation sites (tertiary alicyclic amines) is 1. The Bertz CT molecular complexity index is 997. The number of piperidine rings is 1. The number of benzene rings is 2. The number of anilines is 2. The molecule has 0 atom stereocenters. The maximum Gasteiger partial charge on any atom is 0.253 e. The highest BCUT2D eigenvalue weighted by Gasteiger charge is 2.20. The average Bonchev–Trinajstić information content (AvgIpc) is 2.76. The number of nitrogen functional groups attached to an aromatic ring is 2. The summed E-state index contributed by atoms with van der Waals surface area (Å²) in [5.74, 6) is -3.09. The van der Waals surface area contributed by atoms with Crippen LogP contribution in [0, 0.1) is 17.6 Å². The fraction of sp³-hybridized carbons (Fsp3) is 0.364. The number of amides is 2. The molecule has 0 saturated carbocycles. The van der Waals surface area contributed by atoms with Gasteiger partial charge in [-0.3, -0.25) is 14.5 Å². The van der Waals surface area contributed by atoms with E-state index >= 15 is 0 Å². The van der Waals surface area contributed by atoms with Crippen LogP contribution in [0.2, 0.25) is 5.02 Å². The minimum absolute atomic E-state index is 0.199. The summed E-state index contributed by atoms with van der Waals surface area (Å²) in [7, 11) is 0. The van der Waals surface area contributed by atoms with E-state index in [1.54, 1.807) is 6.07 Å². The second-order valence-corrected chi connectivity index (χ2v) is 8.32. The fourth-order valence-electron chi connectivity index (χ4n) is 3.63. The van der Waals surface area contributed by atoms with Gasteiger partial charge in [0.1, 0.15) is 0 Å². The van der Waals surface area contributed by atoms with Crippen molar-refractivity contribution in [2.75, 3.05) is 37.6 Å².